The Kier molecular flexibility index (Phi) is 6.05. The van der Waals surface area contributed by atoms with E-state index in [-0.39, 0.29) is 24.3 Å². The Morgan fingerprint density at radius 1 is 1.19 bits per heavy atom. The molecule has 0 radical (unpaired) electrons. The Bertz CT molecular complexity index is 627. The maximum absolute atomic E-state index is 13.1. The number of carbonyl (C=O) groups is 2. The van der Waals surface area contributed by atoms with Gasteiger partial charge in [0, 0.05) is 37.4 Å². The molecule has 2 fully saturated rings. The van der Waals surface area contributed by atoms with Crippen molar-refractivity contribution in [2.45, 2.75) is 65.0 Å². The average Bonchev–Trinajstić information content (AvgIpc) is 3.12. The van der Waals surface area contributed by atoms with Crippen molar-refractivity contribution in [2.24, 2.45) is 18.9 Å². The second-order valence-electron chi connectivity index (χ2n) is 8.46. The van der Waals surface area contributed by atoms with Crippen LogP contribution in [0.5, 0.6) is 0 Å². The van der Waals surface area contributed by atoms with E-state index in [2.05, 4.69) is 24.5 Å². The first kappa shape index (κ1) is 19.0. The lowest BCUT2D eigenvalue weighted by atomic mass is 10.1. The molecule has 0 spiro atoms. The number of carbonyl (C=O) groups excluding carboxylic acids is 2. The standard InChI is InChI=1S/C21H33N3O2/c1-16(2)13-23(21(26)17-7-4-5-8-17)15-20(25)24(18-10-11-18)14-19-9-6-12-22(19)3/h6,9,12,16-18H,4-5,7-8,10-11,13-15H2,1-3H3. The van der Waals surface area contributed by atoms with Crippen molar-refractivity contribution in [2.75, 3.05) is 13.1 Å². The lowest BCUT2D eigenvalue weighted by molar-refractivity contribution is -0.144. The summed E-state index contributed by atoms with van der Waals surface area (Å²) in [5.41, 5.74) is 1.14. The molecule has 1 aromatic heterocycles. The number of hydrogen-bond donors (Lipinski definition) is 0. The topological polar surface area (TPSA) is 45.6 Å². The molecule has 26 heavy (non-hydrogen) atoms. The van der Waals surface area contributed by atoms with Crippen molar-refractivity contribution >= 4 is 11.8 Å². The van der Waals surface area contributed by atoms with Crippen LogP contribution in [0.25, 0.3) is 0 Å². The number of aryl methyl sites for hydroxylation is 1. The third kappa shape index (κ3) is 4.68. The zero-order valence-corrected chi connectivity index (χ0v) is 16.5. The highest BCUT2D eigenvalue weighted by Gasteiger charge is 2.35. The molecule has 5 heteroatoms. The monoisotopic (exact) mass is 359 g/mol. The SMILES string of the molecule is CC(C)CN(CC(=O)N(Cc1cccn1C)C1CC1)C(=O)C1CCCC1. The van der Waals surface area contributed by atoms with Crippen LogP contribution in [-0.2, 0) is 23.2 Å². The van der Waals surface area contributed by atoms with Gasteiger partial charge in [-0.2, -0.15) is 0 Å². The number of hydrogen-bond acceptors (Lipinski definition) is 2. The summed E-state index contributed by atoms with van der Waals surface area (Å²) in [6, 6.07) is 4.43. The Hall–Kier alpha value is -1.78. The molecule has 0 atom stereocenters. The normalized spacial score (nSPS) is 17.7. The van der Waals surface area contributed by atoms with E-state index in [0.717, 1.165) is 44.2 Å². The van der Waals surface area contributed by atoms with Crippen molar-refractivity contribution in [1.82, 2.24) is 14.4 Å². The first-order chi connectivity index (χ1) is 12.5. The molecule has 0 bridgehead atoms. The molecule has 144 valence electrons. The van der Waals surface area contributed by atoms with Gasteiger partial charge in [-0.1, -0.05) is 26.7 Å². The highest BCUT2D eigenvalue weighted by atomic mass is 16.2. The summed E-state index contributed by atoms with van der Waals surface area (Å²) >= 11 is 0. The van der Waals surface area contributed by atoms with Crippen LogP contribution in [0.3, 0.4) is 0 Å². The third-order valence-electron chi connectivity index (χ3n) is 5.62. The van der Waals surface area contributed by atoms with Gasteiger partial charge in [0.05, 0.1) is 13.1 Å². The Morgan fingerprint density at radius 2 is 1.88 bits per heavy atom. The van der Waals surface area contributed by atoms with Crippen LogP contribution >= 0.6 is 0 Å². The molecule has 1 aromatic rings. The summed E-state index contributed by atoms with van der Waals surface area (Å²) in [6.07, 6.45) is 8.42. The quantitative estimate of drug-likeness (QED) is 0.715. The fourth-order valence-electron chi connectivity index (χ4n) is 4.00. The van der Waals surface area contributed by atoms with E-state index in [0.29, 0.717) is 25.0 Å². The summed E-state index contributed by atoms with van der Waals surface area (Å²) in [5.74, 6) is 0.791. The minimum atomic E-state index is 0.0979. The molecule has 2 aliphatic carbocycles. The predicted molar refractivity (Wildman–Crippen MR) is 102 cm³/mol. The van der Waals surface area contributed by atoms with Gasteiger partial charge in [0.2, 0.25) is 11.8 Å². The third-order valence-corrected chi connectivity index (χ3v) is 5.62. The lowest BCUT2D eigenvalue weighted by Crippen LogP contribution is -2.46. The molecule has 1 heterocycles. The van der Waals surface area contributed by atoms with Crippen molar-refractivity contribution in [3.05, 3.63) is 24.0 Å². The fourth-order valence-corrected chi connectivity index (χ4v) is 4.00. The van der Waals surface area contributed by atoms with Gasteiger partial charge in [-0.15, -0.1) is 0 Å². The Labute approximate surface area is 157 Å². The van der Waals surface area contributed by atoms with E-state index >= 15 is 0 Å². The Morgan fingerprint density at radius 3 is 2.42 bits per heavy atom. The molecule has 0 N–H and O–H groups in total. The van der Waals surface area contributed by atoms with Crippen molar-refractivity contribution in [3.8, 4) is 0 Å². The number of aromatic nitrogens is 1. The molecule has 0 saturated heterocycles. The number of rotatable bonds is 8. The zero-order chi connectivity index (χ0) is 18.7. The van der Waals surface area contributed by atoms with E-state index < -0.39 is 0 Å². The molecule has 2 aliphatic rings. The summed E-state index contributed by atoms with van der Waals surface area (Å²) in [5, 5.41) is 0. The minimum absolute atomic E-state index is 0.0979. The van der Waals surface area contributed by atoms with Crippen LogP contribution in [0.2, 0.25) is 0 Å². The van der Waals surface area contributed by atoms with Gasteiger partial charge in [0.15, 0.2) is 0 Å². The molecule has 2 saturated carbocycles. The van der Waals surface area contributed by atoms with Crippen LogP contribution < -0.4 is 0 Å². The summed E-state index contributed by atoms with van der Waals surface area (Å²) in [4.78, 5) is 29.9. The van der Waals surface area contributed by atoms with E-state index in [1.165, 1.54) is 0 Å². The summed E-state index contributed by atoms with van der Waals surface area (Å²) < 4.78 is 2.07. The van der Waals surface area contributed by atoms with Gasteiger partial charge < -0.3 is 14.4 Å². The Balaban J connectivity index is 1.68. The van der Waals surface area contributed by atoms with Crippen LogP contribution in [0.15, 0.2) is 18.3 Å². The molecule has 0 unspecified atom stereocenters. The van der Waals surface area contributed by atoms with Crippen LogP contribution in [-0.4, -0.2) is 45.3 Å². The number of amides is 2. The fraction of sp³-hybridized carbons (Fsp3) is 0.714. The van der Waals surface area contributed by atoms with Crippen LogP contribution in [0.1, 0.15) is 58.1 Å². The van der Waals surface area contributed by atoms with Crippen LogP contribution in [0.4, 0.5) is 0 Å². The van der Waals surface area contributed by atoms with E-state index in [1.807, 2.05) is 29.1 Å². The van der Waals surface area contributed by atoms with Gasteiger partial charge in [0.1, 0.15) is 0 Å². The second kappa shape index (κ2) is 8.28. The predicted octanol–water partition coefficient (Wildman–Crippen LogP) is 3.19. The minimum Gasteiger partial charge on any atom is -0.353 e. The highest BCUT2D eigenvalue weighted by Crippen LogP contribution is 2.30. The van der Waals surface area contributed by atoms with Crippen molar-refractivity contribution in [3.63, 3.8) is 0 Å². The smallest absolute Gasteiger partial charge is 0.242 e. The van der Waals surface area contributed by atoms with Gasteiger partial charge in [-0.3, -0.25) is 9.59 Å². The lowest BCUT2D eigenvalue weighted by Gasteiger charge is -2.30. The molecule has 5 nitrogen and oxygen atoms in total. The molecule has 0 aromatic carbocycles. The maximum Gasteiger partial charge on any atom is 0.242 e. The first-order valence-electron chi connectivity index (χ1n) is 10.1. The van der Waals surface area contributed by atoms with Gasteiger partial charge >= 0.3 is 0 Å². The van der Waals surface area contributed by atoms with Crippen molar-refractivity contribution < 1.29 is 9.59 Å². The van der Waals surface area contributed by atoms with Crippen molar-refractivity contribution in [1.29, 1.82) is 0 Å². The number of nitrogens with zero attached hydrogens (tertiary/aromatic N) is 3. The molecule has 0 aliphatic heterocycles. The first-order valence-corrected chi connectivity index (χ1v) is 10.1. The van der Waals surface area contributed by atoms with Gasteiger partial charge in [0.25, 0.3) is 0 Å². The van der Waals surface area contributed by atoms with Gasteiger partial charge in [-0.05, 0) is 43.7 Å². The average molecular weight is 360 g/mol. The highest BCUT2D eigenvalue weighted by molar-refractivity contribution is 5.86. The van der Waals surface area contributed by atoms with Crippen LogP contribution in [0, 0.1) is 11.8 Å². The molecule has 3 rings (SSSR count). The molecule has 2 amide bonds. The zero-order valence-electron chi connectivity index (χ0n) is 16.5. The molecular formula is C21H33N3O2. The summed E-state index contributed by atoms with van der Waals surface area (Å²) in [6.45, 7) is 5.77. The van der Waals surface area contributed by atoms with E-state index in [4.69, 9.17) is 0 Å². The molecular weight excluding hydrogens is 326 g/mol. The second-order valence-corrected chi connectivity index (χ2v) is 8.46. The summed E-state index contributed by atoms with van der Waals surface area (Å²) in [7, 11) is 2.01. The van der Waals surface area contributed by atoms with Gasteiger partial charge in [-0.25, -0.2) is 0 Å². The van der Waals surface area contributed by atoms with E-state index in [1.54, 1.807) is 0 Å². The largest absolute Gasteiger partial charge is 0.353 e. The maximum atomic E-state index is 13.1. The van der Waals surface area contributed by atoms with E-state index in [9.17, 15) is 9.59 Å².